The zero-order valence-corrected chi connectivity index (χ0v) is 11.1. The number of nitrogens with one attached hydrogen (secondary N) is 1. The van der Waals surface area contributed by atoms with Crippen LogP contribution in [0.25, 0.3) is 0 Å². The lowest BCUT2D eigenvalue weighted by Gasteiger charge is -2.29. The van der Waals surface area contributed by atoms with Gasteiger partial charge in [-0.3, -0.25) is 4.79 Å². The van der Waals surface area contributed by atoms with Crippen LogP contribution in [0.5, 0.6) is 0 Å². The minimum absolute atomic E-state index is 0.00143. The smallest absolute Gasteiger partial charge is 0.234 e. The Hall–Kier alpha value is -1.26. The molecule has 0 aromatic carbocycles. The molecule has 5 nitrogen and oxygen atoms in total. The Morgan fingerprint density at radius 1 is 1.53 bits per heavy atom. The first-order valence-corrected chi connectivity index (χ1v) is 6.13. The summed E-state index contributed by atoms with van der Waals surface area (Å²) in [5, 5.41) is 14.8. The van der Waals surface area contributed by atoms with E-state index in [0.717, 1.165) is 6.42 Å². The highest BCUT2D eigenvalue weighted by atomic mass is 16.4. The standard InChI is InChI=1S/C12H23N3O2/c1-5-12(6-2,9(13)15-17)10(16)14-8-7-11(8,3)4/h8,17H,5-7H2,1-4H3,(H2,13,15)(H,14,16). The van der Waals surface area contributed by atoms with Crippen molar-refractivity contribution in [2.24, 2.45) is 21.7 Å². The number of rotatable bonds is 5. The number of carbonyl (C=O) groups excluding carboxylic acids is 1. The predicted molar refractivity (Wildman–Crippen MR) is 66.8 cm³/mol. The summed E-state index contributed by atoms with van der Waals surface area (Å²) in [5.74, 6) is -0.133. The van der Waals surface area contributed by atoms with Crippen molar-refractivity contribution in [2.75, 3.05) is 0 Å². The van der Waals surface area contributed by atoms with E-state index in [1.807, 2.05) is 13.8 Å². The number of hydrogen-bond acceptors (Lipinski definition) is 3. The molecule has 1 rings (SSSR count). The van der Waals surface area contributed by atoms with Crippen LogP contribution >= 0.6 is 0 Å². The van der Waals surface area contributed by atoms with Crippen LogP contribution in [0.2, 0.25) is 0 Å². The Labute approximate surface area is 102 Å². The molecule has 0 spiro atoms. The SMILES string of the molecule is CCC(CC)(C(=O)NC1CC1(C)C)C(N)=NO. The van der Waals surface area contributed by atoms with Crippen molar-refractivity contribution in [2.45, 2.75) is 53.0 Å². The topological polar surface area (TPSA) is 87.7 Å². The first-order chi connectivity index (χ1) is 7.84. The first-order valence-electron chi connectivity index (χ1n) is 6.13. The lowest BCUT2D eigenvalue weighted by Crippen LogP contribution is -2.50. The van der Waals surface area contributed by atoms with Crippen LogP contribution in [0, 0.1) is 10.8 Å². The molecule has 1 aliphatic rings. The van der Waals surface area contributed by atoms with Crippen LogP contribution < -0.4 is 11.1 Å². The Bertz CT molecular complexity index is 333. The monoisotopic (exact) mass is 241 g/mol. The second-order valence-electron chi connectivity index (χ2n) is 5.49. The van der Waals surface area contributed by atoms with Crippen molar-refractivity contribution in [1.29, 1.82) is 0 Å². The third-order valence-electron chi connectivity index (χ3n) is 4.06. The summed E-state index contributed by atoms with van der Waals surface area (Å²) in [6.07, 6.45) is 2.04. The van der Waals surface area contributed by atoms with Crippen LogP contribution in [0.15, 0.2) is 5.16 Å². The summed E-state index contributed by atoms with van der Waals surface area (Å²) in [5.41, 5.74) is 4.97. The Morgan fingerprint density at radius 3 is 2.29 bits per heavy atom. The van der Waals surface area contributed by atoms with Gasteiger partial charge in [-0.2, -0.15) is 0 Å². The molecule has 0 bridgehead atoms. The maximum absolute atomic E-state index is 12.3. The van der Waals surface area contributed by atoms with E-state index in [-0.39, 0.29) is 23.2 Å². The number of amides is 1. The molecule has 1 atom stereocenters. The number of nitrogens with two attached hydrogens (primary N) is 1. The second-order valence-corrected chi connectivity index (χ2v) is 5.49. The molecule has 1 amide bonds. The van der Waals surface area contributed by atoms with Gasteiger partial charge in [0.25, 0.3) is 0 Å². The summed E-state index contributed by atoms with van der Waals surface area (Å²) in [6, 6.07) is 0.207. The zero-order chi connectivity index (χ0) is 13.3. The third kappa shape index (κ3) is 2.37. The van der Waals surface area contributed by atoms with Crippen molar-refractivity contribution in [3.63, 3.8) is 0 Å². The molecule has 1 fully saturated rings. The number of nitrogens with zero attached hydrogens (tertiary/aromatic N) is 1. The molecule has 0 radical (unpaired) electrons. The highest BCUT2D eigenvalue weighted by Gasteiger charge is 2.50. The maximum Gasteiger partial charge on any atom is 0.234 e. The molecule has 4 N–H and O–H groups in total. The van der Waals surface area contributed by atoms with Crippen LogP contribution in [-0.2, 0) is 4.79 Å². The average Bonchev–Trinajstić information content (AvgIpc) is 2.88. The largest absolute Gasteiger partial charge is 0.409 e. The molecule has 1 unspecified atom stereocenters. The van der Waals surface area contributed by atoms with Gasteiger partial charge in [-0.1, -0.05) is 32.9 Å². The fourth-order valence-electron chi connectivity index (χ4n) is 2.16. The van der Waals surface area contributed by atoms with Crippen molar-refractivity contribution in [3.05, 3.63) is 0 Å². The molecule has 0 saturated heterocycles. The van der Waals surface area contributed by atoms with Crippen LogP contribution in [0.4, 0.5) is 0 Å². The van der Waals surface area contributed by atoms with Gasteiger partial charge in [0, 0.05) is 6.04 Å². The number of hydrogen-bond donors (Lipinski definition) is 3. The molecule has 17 heavy (non-hydrogen) atoms. The molecule has 0 aromatic rings. The summed E-state index contributed by atoms with van der Waals surface area (Å²) < 4.78 is 0. The number of oxime groups is 1. The second kappa shape index (κ2) is 4.55. The summed E-state index contributed by atoms with van der Waals surface area (Å²) in [4.78, 5) is 12.3. The molecule has 0 aromatic heterocycles. The Balaban J connectivity index is 2.81. The lowest BCUT2D eigenvalue weighted by atomic mass is 9.80. The molecular formula is C12H23N3O2. The maximum atomic E-state index is 12.3. The normalized spacial score (nSPS) is 23.3. The minimum atomic E-state index is -0.882. The number of carbonyl (C=O) groups is 1. The number of amidine groups is 1. The van der Waals surface area contributed by atoms with E-state index in [9.17, 15) is 4.79 Å². The van der Waals surface area contributed by atoms with Crippen molar-refractivity contribution in [3.8, 4) is 0 Å². The predicted octanol–water partition coefficient (Wildman–Crippen LogP) is 1.45. The summed E-state index contributed by atoms with van der Waals surface area (Å²) >= 11 is 0. The highest BCUT2D eigenvalue weighted by molar-refractivity contribution is 6.06. The van der Waals surface area contributed by atoms with E-state index in [1.54, 1.807) is 0 Å². The van der Waals surface area contributed by atoms with Crippen molar-refractivity contribution in [1.82, 2.24) is 5.32 Å². The van der Waals surface area contributed by atoms with Gasteiger partial charge in [-0.15, -0.1) is 0 Å². The quantitative estimate of drug-likeness (QED) is 0.295. The summed E-state index contributed by atoms with van der Waals surface area (Å²) in [6.45, 7) is 7.97. The molecule has 0 aliphatic heterocycles. The highest BCUT2D eigenvalue weighted by Crippen LogP contribution is 2.45. The average molecular weight is 241 g/mol. The molecule has 0 heterocycles. The third-order valence-corrected chi connectivity index (χ3v) is 4.06. The van der Waals surface area contributed by atoms with Gasteiger partial charge in [-0.25, -0.2) is 0 Å². The summed E-state index contributed by atoms with van der Waals surface area (Å²) in [7, 11) is 0. The van der Waals surface area contributed by atoms with Gasteiger partial charge in [0.2, 0.25) is 5.91 Å². The van der Waals surface area contributed by atoms with Gasteiger partial charge in [0.15, 0.2) is 5.84 Å². The Morgan fingerprint density at radius 2 is 2.00 bits per heavy atom. The molecule has 1 saturated carbocycles. The van der Waals surface area contributed by atoms with E-state index < -0.39 is 5.41 Å². The lowest BCUT2D eigenvalue weighted by molar-refractivity contribution is -0.128. The van der Waals surface area contributed by atoms with E-state index >= 15 is 0 Å². The van der Waals surface area contributed by atoms with E-state index in [1.165, 1.54) is 0 Å². The minimum Gasteiger partial charge on any atom is -0.409 e. The van der Waals surface area contributed by atoms with Gasteiger partial charge < -0.3 is 16.3 Å². The molecular weight excluding hydrogens is 218 g/mol. The van der Waals surface area contributed by atoms with Gasteiger partial charge in [0.1, 0.15) is 5.41 Å². The van der Waals surface area contributed by atoms with E-state index in [4.69, 9.17) is 10.9 Å². The van der Waals surface area contributed by atoms with E-state index in [2.05, 4.69) is 24.3 Å². The van der Waals surface area contributed by atoms with Crippen LogP contribution in [-0.4, -0.2) is 23.0 Å². The van der Waals surface area contributed by atoms with Crippen molar-refractivity contribution >= 4 is 11.7 Å². The fourth-order valence-corrected chi connectivity index (χ4v) is 2.16. The van der Waals surface area contributed by atoms with Gasteiger partial charge in [0.05, 0.1) is 0 Å². The van der Waals surface area contributed by atoms with Crippen molar-refractivity contribution < 1.29 is 10.0 Å². The molecule has 5 heteroatoms. The molecule has 1 aliphatic carbocycles. The Kier molecular flexibility index (Phi) is 3.69. The van der Waals surface area contributed by atoms with Gasteiger partial charge in [-0.05, 0) is 24.7 Å². The first kappa shape index (κ1) is 13.8. The fraction of sp³-hybridized carbons (Fsp3) is 0.833. The van der Waals surface area contributed by atoms with Crippen LogP contribution in [0.1, 0.15) is 47.0 Å². The van der Waals surface area contributed by atoms with Crippen LogP contribution in [0.3, 0.4) is 0 Å². The zero-order valence-electron chi connectivity index (χ0n) is 11.1. The molecule has 98 valence electrons. The van der Waals surface area contributed by atoms with Gasteiger partial charge >= 0.3 is 0 Å². The van der Waals surface area contributed by atoms with E-state index in [0.29, 0.717) is 12.8 Å².